The number of nitro benzene ring substituents is 1. The number of hydrogen-bond acceptors (Lipinski definition) is 8. The summed E-state index contributed by atoms with van der Waals surface area (Å²) in [6.07, 6.45) is 1.19. The first-order valence-electron chi connectivity index (χ1n) is 8.03. The molecule has 0 fully saturated rings. The molecule has 0 atom stereocenters. The molecule has 0 heterocycles. The van der Waals surface area contributed by atoms with Gasteiger partial charge < -0.3 is 15.2 Å². The van der Waals surface area contributed by atoms with E-state index in [0.29, 0.717) is 16.9 Å². The number of aryl methyl sites for hydroxylation is 1. The molecule has 29 heavy (non-hydrogen) atoms. The second kappa shape index (κ2) is 9.01. The second-order valence-electron chi connectivity index (χ2n) is 5.72. The van der Waals surface area contributed by atoms with Gasteiger partial charge in [0.05, 0.1) is 23.1 Å². The average Bonchev–Trinajstić information content (AvgIpc) is 2.66. The predicted octanol–water partition coefficient (Wildman–Crippen LogP) is 1.09. The summed E-state index contributed by atoms with van der Waals surface area (Å²) >= 11 is 0. The number of nitrogens with two attached hydrogens (primary N) is 1. The van der Waals surface area contributed by atoms with Crippen LogP contribution in [0.4, 0.5) is 5.69 Å². The fourth-order valence-corrected chi connectivity index (χ4v) is 3.02. The molecule has 0 saturated carbocycles. The molecule has 0 bridgehead atoms. The van der Waals surface area contributed by atoms with Gasteiger partial charge in [-0.3, -0.25) is 14.9 Å². The van der Waals surface area contributed by atoms with Crippen LogP contribution in [0.1, 0.15) is 11.1 Å². The summed E-state index contributed by atoms with van der Waals surface area (Å²) in [5.41, 5.74) is 5.49. The first kappa shape index (κ1) is 21.6. The number of hydrogen-bond donors (Lipinski definition) is 2. The summed E-state index contributed by atoms with van der Waals surface area (Å²) < 4.78 is 35.0. The fraction of sp³-hybridized carbons (Fsp3) is 0.176. The molecule has 12 heteroatoms. The molecule has 0 radical (unpaired) electrons. The van der Waals surface area contributed by atoms with E-state index in [2.05, 4.69) is 5.10 Å². The highest BCUT2D eigenvalue weighted by Crippen LogP contribution is 2.27. The summed E-state index contributed by atoms with van der Waals surface area (Å²) in [6, 6.07) is 8.11. The zero-order valence-electron chi connectivity index (χ0n) is 15.5. The minimum atomic E-state index is -4.12. The monoisotopic (exact) mass is 422 g/mol. The highest BCUT2D eigenvalue weighted by atomic mass is 32.2. The number of hydrazone groups is 1. The lowest BCUT2D eigenvalue weighted by Gasteiger charge is -2.10. The Hall–Kier alpha value is -3.67. The Labute approximate surface area is 166 Å². The third-order valence-electron chi connectivity index (χ3n) is 3.63. The minimum Gasteiger partial charge on any atom is -0.493 e. The highest BCUT2D eigenvalue weighted by molar-refractivity contribution is 7.89. The standard InChI is InChI=1S/C17H18N4O7S/c1-11-3-5-13(8-14(11)21(23)24)29(25,26)20-19-9-12-4-6-15(27-2)16(7-12)28-10-17(18)22/h3-9,20H,10H2,1-2H3,(H2,18,22)/b19-9+. The van der Waals surface area contributed by atoms with Crippen LogP contribution in [0.2, 0.25) is 0 Å². The van der Waals surface area contributed by atoms with E-state index in [9.17, 15) is 23.3 Å². The molecule has 154 valence electrons. The maximum absolute atomic E-state index is 12.3. The second-order valence-corrected chi connectivity index (χ2v) is 7.38. The van der Waals surface area contributed by atoms with Crippen LogP contribution < -0.4 is 20.0 Å². The van der Waals surface area contributed by atoms with E-state index >= 15 is 0 Å². The molecule has 0 spiro atoms. The maximum Gasteiger partial charge on any atom is 0.276 e. The van der Waals surface area contributed by atoms with Gasteiger partial charge in [0.2, 0.25) is 0 Å². The Balaban J connectivity index is 2.20. The molecule has 2 aromatic rings. The molecular formula is C17H18N4O7S. The smallest absolute Gasteiger partial charge is 0.276 e. The number of nitrogens with zero attached hydrogens (tertiary/aromatic N) is 2. The molecule has 2 rings (SSSR count). The molecule has 0 saturated heterocycles. The topological polar surface area (TPSA) is 163 Å². The zero-order valence-corrected chi connectivity index (χ0v) is 16.3. The van der Waals surface area contributed by atoms with Crippen molar-refractivity contribution in [2.45, 2.75) is 11.8 Å². The van der Waals surface area contributed by atoms with Crippen LogP contribution in [0.25, 0.3) is 0 Å². The molecular weight excluding hydrogens is 404 g/mol. The van der Waals surface area contributed by atoms with E-state index < -0.39 is 20.9 Å². The number of benzene rings is 2. The van der Waals surface area contributed by atoms with Gasteiger partial charge in [0, 0.05) is 11.6 Å². The van der Waals surface area contributed by atoms with Crippen molar-refractivity contribution in [1.29, 1.82) is 0 Å². The lowest BCUT2D eigenvalue weighted by molar-refractivity contribution is -0.385. The van der Waals surface area contributed by atoms with E-state index in [-0.39, 0.29) is 22.9 Å². The molecule has 3 N–H and O–H groups in total. The van der Waals surface area contributed by atoms with E-state index in [1.54, 1.807) is 6.07 Å². The van der Waals surface area contributed by atoms with Crippen molar-refractivity contribution in [2.75, 3.05) is 13.7 Å². The van der Waals surface area contributed by atoms with E-state index in [1.807, 2.05) is 4.83 Å². The number of rotatable bonds is 9. The Bertz CT molecular complexity index is 1070. The van der Waals surface area contributed by atoms with E-state index in [1.165, 1.54) is 44.5 Å². The molecule has 11 nitrogen and oxygen atoms in total. The Kier molecular flexibility index (Phi) is 6.72. The summed E-state index contributed by atoms with van der Waals surface area (Å²) in [7, 11) is -2.71. The van der Waals surface area contributed by atoms with Crippen LogP contribution in [0.5, 0.6) is 11.5 Å². The normalized spacial score (nSPS) is 11.2. The first-order valence-corrected chi connectivity index (χ1v) is 9.51. The van der Waals surface area contributed by atoms with Crippen molar-refractivity contribution < 1.29 is 27.6 Å². The number of nitrogens with one attached hydrogen (secondary N) is 1. The number of carbonyl (C=O) groups excluding carboxylic acids is 1. The number of primary amides is 1. The van der Waals surface area contributed by atoms with Gasteiger partial charge in [-0.15, -0.1) is 0 Å². The van der Waals surface area contributed by atoms with Gasteiger partial charge in [-0.2, -0.15) is 13.5 Å². The predicted molar refractivity (Wildman–Crippen MR) is 103 cm³/mol. The Morgan fingerprint density at radius 1 is 1.28 bits per heavy atom. The van der Waals surface area contributed by atoms with Crippen molar-refractivity contribution in [3.8, 4) is 11.5 Å². The van der Waals surface area contributed by atoms with Crippen molar-refractivity contribution >= 4 is 27.8 Å². The number of ether oxygens (including phenoxy) is 2. The summed E-state index contributed by atoms with van der Waals surface area (Å²) in [5, 5.41) is 14.6. The maximum atomic E-state index is 12.3. The van der Waals surface area contributed by atoms with Crippen molar-refractivity contribution in [3.63, 3.8) is 0 Å². The van der Waals surface area contributed by atoms with Gasteiger partial charge in [0.25, 0.3) is 21.6 Å². The summed E-state index contributed by atoms with van der Waals surface area (Å²) in [5.74, 6) is -0.116. The van der Waals surface area contributed by atoms with Gasteiger partial charge in [0.1, 0.15) is 0 Å². The molecule has 1 amide bonds. The van der Waals surface area contributed by atoms with Crippen LogP contribution in [-0.4, -0.2) is 39.2 Å². The summed E-state index contributed by atoms with van der Waals surface area (Å²) in [6.45, 7) is 1.14. The van der Waals surface area contributed by atoms with E-state index in [0.717, 1.165) is 6.07 Å². The molecule has 0 aliphatic heterocycles. The largest absolute Gasteiger partial charge is 0.493 e. The van der Waals surface area contributed by atoms with Crippen molar-refractivity contribution in [1.82, 2.24) is 4.83 Å². The third kappa shape index (κ3) is 5.65. The van der Waals surface area contributed by atoms with Crippen LogP contribution in [-0.2, 0) is 14.8 Å². The lowest BCUT2D eigenvalue weighted by atomic mass is 10.2. The number of sulfonamides is 1. The lowest BCUT2D eigenvalue weighted by Crippen LogP contribution is -2.20. The summed E-state index contributed by atoms with van der Waals surface area (Å²) in [4.78, 5) is 22.9. The number of carbonyl (C=O) groups is 1. The fourth-order valence-electron chi connectivity index (χ4n) is 2.21. The van der Waals surface area contributed by atoms with Gasteiger partial charge in [-0.1, -0.05) is 6.07 Å². The molecule has 0 aromatic heterocycles. The van der Waals surface area contributed by atoms with Gasteiger partial charge >= 0.3 is 0 Å². The highest BCUT2D eigenvalue weighted by Gasteiger charge is 2.19. The van der Waals surface area contributed by atoms with Gasteiger partial charge in [-0.05, 0) is 36.8 Å². The van der Waals surface area contributed by atoms with Crippen molar-refractivity contribution in [3.05, 3.63) is 57.6 Å². The van der Waals surface area contributed by atoms with Crippen LogP contribution in [0.15, 0.2) is 46.4 Å². The average molecular weight is 422 g/mol. The Morgan fingerprint density at radius 2 is 2.00 bits per heavy atom. The third-order valence-corrected chi connectivity index (χ3v) is 4.85. The minimum absolute atomic E-state index is 0.215. The molecule has 0 unspecified atom stereocenters. The van der Waals surface area contributed by atoms with Gasteiger partial charge in [0.15, 0.2) is 18.1 Å². The zero-order chi connectivity index (χ0) is 21.6. The first-order chi connectivity index (χ1) is 13.6. The quantitative estimate of drug-likeness (QED) is 0.347. The van der Waals surface area contributed by atoms with Crippen molar-refractivity contribution in [2.24, 2.45) is 10.8 Å². The van der Waals surface area contributed by atoms with Crippen LogP contribution >= 0.6 is 0 Å². The number of nitro groups is 1. The van der Waals surface area contributed by atoms with Gasteiger partial charge in [-0.25, -0.2) is 4.83 Å². The van der Waals surface area contributed by atoms with E-state index in [4.69, 9.17) is 15.2 Å². The molecule has 0 aliphatic carbocycles. The molecule has 2 aromatic carbocycles. The number of methoxy groups -OCH3 is 1. The number of amides is 1. The van der Waals surface area contributed by atoms with Crippen LogP contribution in [0.3, 0.4) is 0 Å². The molecule has 0 aliphatic rings. The SMILES string of the molecule is COc1ccc(/C=N/NS(=O)(=O)c2ccc(C)c([N+](=O)[O-])c2)cc1OCC(N)=O. The van der Waals surface area contributed by atoms with Crippen LogP contribution in [0, 0.1) is 17.0 Å². The Morgan fingerprint density at radius 3 is 2.62 bits per heavy atom.